The van der Waals surface area contributed by atoms with Gasteiger partial charge in [-0.25, -0.2) is 0 Å². The van der Waals surface area contributed by atoms with Crippen LogP contribution in [0.15, 0.2) is 51.2 Å². The summed E-state index contributed by atoms with van der Waals surface area (Å²) in [6, 6.07) is 7.17. The smallest absolute Gasteiger partial charge is 0.239 e. The van der Waals surface area contributed by atoms with E-state index in [0.717, 1.165) is 11.6 Å². The third kappa shape index (κ3) is 8.79. The first-order chi connectivity index (χ1) is 28.0. The van der Waals surface area contributed by atoms with Gasteiger partial charge in [0, 0.05) is 17.2 Å². The molecule has 0 radical (unpaired) electrons. The molecule has 3 aromatic rings. The Morgan fingerprint density at radius 1 is 0.746 bits per heavy atom. The zero-order valence-corrected chi connectivity index (χ0v) is 32.3. The SMILES string of the molecule is COc1ccc(-c2oc3c(CC=C(C)C)c(O[C@@H]4O[C@@H](CO)[C@@H](O)[C@H](O)[C@@H]4O)cc(O)c3c(=O)c2O[C@@H]2O[C@@H](C)[C@H](O)[C@H](O)[C@H]2O[C@@H]2O[C@H](CO)[C@@H](O)[C@@H](O)[C@@H]2O)cc1. The fourth-order valence-corrected chi connectivity index (χ4v) is 6.99. The molecule has 20 nitrogen and oxygen atoms in total. The second-order valence-corrected chi connectivity index (χ2v) is 14.8. The molecule has 0 saturated carbocycles. The molecule has 11 N–H and O–H groups in total. The van der Waals surface area contributed by atoms with Crippen LogP contribution >= 0.6 is 0 Å². The van der Waals surface area contributed by atoms with Crippen LogP contribution < -0.4 is 19.6 Å². The predicted molar refractivity (Wildman–Crippen MR) is 199 cm³/mol. The molecule has 4 heterocycles. The molecule has 0 aliphatic carbocycles. The summed E-state index contributed by atoms with van der Waals surface area (Å²) in [6.07, 6.45) is -23.6. The fourth-order valence-electron chi connectivity index (χ4n) is 6.99. The molecule has 3 fully saturated rings. The number of methoxy groups -OCH3 is 1. The van der Waals surface area contributed by atoms with E-state index in [4.69, 9.17) is 37.6 Å². The lowest BCUT2D eigenvalue weighted by molar-refractivity contribution is -0.355. The molecule has 3 aliphatic heterocycles. The van der Waals surface area contributed by atoms with Gasteiger partial charge in [0.2, 0.25) is 23.8 Å². The molecular formula is C39H50O20. The molecule has 0 amide bonds. The molecule has 0 spiro atoms. The van der Waals surface area contributed by atoms with Crippen LogP contribution in [0.3, 0.4) is 0 Å². The number of fused-ring (bicyclic) bond motifs is 1. The number of rotatable bonds is 12. The maximum Gasteiger partial charge on any atom is 0.239 e. The average Bonchev–Trinajstić information content (AvgIpc) is 3.21. The quantitative estimate of drug-likeness (QED) is 0.0870. The van der Waals surface area contributed by atoms with Gasteiger partial charge in [0.05, 0.1) is 26.4 Å². The van der Waals surface area contributed by atoms with Gasteiger partial charge in [-0.05, 0) is 51.5 Å². The van der Waals surface area contributed by atoms with Crippen LogP contribution in [0.2, 0.25) is 0 Å². The summed E-state index contributed by atoms with van der Waals surface area (Å²) in [4.78, 5) is 14.7. The Hall–Kier alpha value is -3.97. The highest BCUT2D eigenvalue weighted by atomic mass is 16.8. The van der Waals surface area contributed by atoms with Crippen molar-refractivity contribution in [2.75, 3.05) is 20.3 Å². The second-order valence-electron chi connectivity index (χ2n) is 14.8. The van der Waals surface area contributed by atoms with E-state index in [-0.39, 0.29) is 34.6 Å². The molecular weight excluding hydrogens is 788 g/mol. The van der Waals surface area contributed by atoms with Crippen molar-refractivity contribution < 1.29 is 93.7 Å². The number of phenols is 1. The number of benzene rings is 2. The predicted octanol–water partition coefficient (Wildman–Crippen LogP) is -2.11. The Labute approximate surface area is 336 Å². The summed E-state index contributed by atoms with van der Waals surface area (Å²) in [7, 11) is 1.44. The molecule has 0 unspecified atom stereocenters. The van der Waals surface area contributed by atoms with Crippen LogP contribution in [-0.2, 0) is 25.4 Å². The maximum absolute atomic E-state index is 14.7. The molecule has 1 aromatic heterocycles. The number of ether oxygens (including phenoxy) is 7. The van der Waals surface area contributed by atoms with Crippen LogP contribution in [0.4, 0.5) is 0 Å². The molecule has 59 heavy (non-hydrogen) atoms. The van der Waals surface area contributed by atoms with Crippen molar-refractivity contribution in [2.24, 2.45) is 0 Å². The monoisotopic (exact) mass is 838 g/mol. The third-order valence-corrected chi connectivity index (χ3v) is 10.5. The van der Waals surface area contributed by atoms with Crippen molar-refractivity contribution >= 4 is 11.0 Å². The van der Waals surface area contributed by atoms with Gasteiger partial charge < -0.3 is 93.7 Å². The van der Waals surface area contributed by atoms with E-state index >= 15 is 0 Å². The van der Waals surface area contributed by atoms with E-state index in [1.165, 1.54) is 26.2 Å². The number of hydrogen-bond donors (Lipinski definition) is 11. The molecule has 3 saturated heterocycles. The van der Waals surface area contributed by atoms with Gasteiger partial charge in [-0.3, -0.25) is 4.79 Å². The zero-order valence-electron chi connectivity index (χ0n) is 32.3. The number of aliphatic hydroxyl groups is 10. The highest BCUT2D eigenvalue weighted by molar-refractivity contribution is 5.91. The second kappa shape index (κ2) is 18.3. The summed E-state index contributed by atoms with van der Waals surface area (Å²) in [6.45, 7) is 3.44. The summed E-state index contributed by atoms with van der Waals surface area (Å²) < 4.78 is 46.6. The molecule has 20 heteroatoms. The van der Waals surface area contributed by atoms with Crippen LogP contribution in [0, 0.1) is 0 Å². The van der Waals surface area contributed by atoms with Gasteiger partial charge in [-0.1, -0.05) is 11.6 Å². The van der Waals surface area contributed by atoms with E-state index in [1.54, 1.807) is 32.1 Å². The fraction of sp³-hybridized carbons (Fsp3) is 0.564. The van der Waals surface area contributed by atoms with Gasteiger partial charge in [0.25, 0.3) is 0 Å². The first-order valence-corrected chi connectivity index (χ1v) is 18.8. The lowest BCUT2D eigenvalue weighted by Crippen LogP contribution is -2.64. The maximum atomic E-state index is 14.7. The van der Waals surface area contributed by atoms with Crippen LogP contribution in [0.25, 0.3) is 22.3 Å². The Balaban J connectivity index is 1.50. The average molecular weight is 839 g/mol. The highest BCUT2D eigenvalue weighted by Crippen LogP contribution is 2.42. The number of aliphatic hydroxyl groups excluding tert-OH is 10. The molecule has 326 valence electrons. The van der Waals surface area contributed by atoms with E-state index in [1.807, 2.05) is 0 Å². The number of aromatic hydroxyl groups is 1. The minimum absolute atomic E-state index is 0.000587. The van der Waals surface area contributed by atoms with Crippen molar-refractivity contribution in [3.05, 3.63) is 57.8 Å². The van der Waals surface area contributed by atoms with Crippen LogP contribution in [0.5, 0.6) is 23.0 Å². The highest BCUT2D eigenvalue weighted by Gasteiger charge is 2.51. The molecule has 6 rings (SSSR count). The largest absolute Gasteiger partial charge is 0.507 e. The van der Waals surface area contributed by atoms with E-state index in [9.17, 15) is 61.0 Å². The number of phenolic OH excluding ortho intramolecular Hbond substituents is 1. The van der Waals surface area contributed by atoms with Crippen molar-refractivity contribution in [1.29, 1.82) is 0 Å². The first kappa shape index (κ1) is 44.6. The summed E-state index contributed by atoms with van der Waals surface area (Å²) in [5.41, 5.74) is -0.0519. The molecule has 15 atom stereocenters. The van der Waals surface area contributed by atoms with E-state index < -0.39 is 128 Å². The van der Waals surface area contributed by atoms with Gasteiger partial charge in [0.1, 0.15) is 89.3 Å². The minimum Gasteiger partial charge on any atom is -0.507 e. The summed E-state index contributed by atoms with van der Waals surface area (Å²) in [5, 5.41) is 115. The van der Waals surface area contributed by atoms with Crippen LogP contribution in [-0.4, -0.2) is 169 Å². The third-order valence-electron chi connectivity index (χ3n) is 10.5. The molecule has 3 aliphatic rings. The van der Waals surface area contributed by atoms with Crippen LogP contribution in [0.1, 0.15) is 26.3 Å². The Morgan fingerprint density at radius 2 is 1.34 bits per heavy atom. The van der Waals surface area contributed by atoms with E-state index in [2.05, 4.69) is 0 Å². The molecule has 0 bridgehead atoms. The summed E-state index contributed by atoms with van der Waals surface area (Å²) in [5.74, 6) is -1.34. The van der Waals surface area contributed by atoms with E-state index in [0.29, 0.717) is 5.75 Å². The van der Waals surface area contributed by atoms with Gasteiger partial charge in [-0.2, -0.15) is 0 Å². The van der Waals surface area contributed by atoms with Crippen molar-refractivity contribution in [3.63, 3.8) is 0 Å². The van der Waals surface area contributed by atoms with Gasteiger partial charge >= 0.3 is 0 Å². The zero-order chi connectivity index (χ0) is 43.0. The van der Waals surface area contributed by atoms with Crippen molar-refractivity contribution in [1.82, 2.24) is 0 Å². The van der Waals surface area contributed by atoms with Crippen molar-refractivity contribution in [3.8, 4) is 34.3 Å². The normalized spacial score (nSPS) is 35.0. The first-order valence-electron chi connectivity index (χ1n) is 18.8. The Kier molecular flexibility index (Phi) is 13.9. The number of allylic oxidation sites excluding steroid dienone is 2. The Morgan fingerprint density at radius 3 is 1.92 bits per heavy atom. The Bertz CT molecular complexity index is 1990. The number of hydrogen-bond acceptors (Lipinski definition) is 20. The summed E-state index contributed by atoms with van der Waals surface area (Å²) >= 11 is 0. The topological polar surface area (TPSA) is 317 Å². The molecule has 2 aromatic carbocycles. The lowest BCUT2D eigenvalue weighted by atomic mass is 9.97. The standard InChI is InChI=1S/C39H50O20/c1-14(2)5-10-18-20(54-37-31(50)28(47)25(44)21(12-40)55-37)11-19(42)23-27(46)35(33(57-34(18)23)16-6-8-17(52-4)9-7-16)58-39-36(30(49)24(43)15(3)53-39)59-38-32(51)29(48)26(45)22(13-41)56-38/h5-9,11,15,21-22,24-26,28-32,36-45,47-51H,10,12-13H2,1-4H3/t15-,21-,22+,24-,25+,26+,28-,29+,30-,31-,32-,36+,37+,38-,39-/m0/s1. The van der Waals surface area contributed by atoms with Crippen molar-refractivity contribution in [2.45, 2.75) is 119 Å². The minimum atomic E-state index is -1.94. The lowest BCUT2D eigenvalue weighted by Gasteiger charge is -2.45. The van der Waals surface area contributed by atoms with Gasteiger partial charge in [0.15, 0.2) is 18.2 Å². The van der Waals surface area contributed by atoms with Gasteiger partial charge in [-0.15, -0.1) is 0 Å².